The third-order valence-electron chi connectivity index (χ3n) is 2.34. The summed E-state index contributed by atoms with van der Waals surface area (Å²) in [4.78, 5) is 11.7. The normalized spacial score (nSPS) is 10.7. The molecule has 0 saturated carbocycles. The molecule has 0 aliphatic heterocycles. The third kappa shape index (κ3) is 6.02. The van der Waals surface area contributed by atoms with Crippen molar-refractivity contribution in [3.8, 4) is 0 Å². The van der Waals surface area contributed by atoms with Crippen molar-refractivity contribution in [2.75, 3.05) is 11.9 Å². The first-order chi connectivity index (χ1) is 8.49. The molecule has 100 valence electrons. The first kappa shape index (κ1) is 15.7. The Morgan fingerprint density at radius 2 is 2.17 bits per heavy atom. The van der Waals surface area contributed by atoms with Gasteiger partial charge in [-0.05, 0) is 53.8 Å². The van der Waals surface area contributed by atoms with Crippen LogP contribution in [0.3, 0.4) is 0 Å². The average molecular weight is 381 g/mol. The number of carbonyl (C=O) groups is 1. The highest BCUT2D eigenvalue weighted by Crippen LogP contribution is 2.22. The molecule has 0 unspecified atom stereocenters. The largest absolute Gasteiger partial charge is 0.325 e. The summed E-state index contributed by atoms with van der Waals surface area (Å²) in [5.74, 6) is 0.0424. The monoisotopic (exact) mass is 380 g/mol. The second-order valence-electron chi connectivity index (χ2n) is 4.38. The van der Waals surface area contributed by atoms with Gasteiger partial charge < -0.3 is 10.6 Å². The van der Waals surface area contributed by atoms with Gasteiger partial charge in [-0.15, -0.1) is 0 Å². The zero-order valence-electron chi connectivity index (χ0n) is 10.6. The van der Waals surface area contributed by atoms with Crippen molar-refractivity contribution < 1.29 is 4.79 Å². The van der Waals surface area contributed by atoms with Gasteiger partial charge in [0.2, 0.25) is 5.91 Å². The first-order valence-electron chi connectivity index (χ1n) is 5.97. The van der Waals surface area contributed by atoms with Gasteiger partial charge in [-0.1, -0.05) is 25.4 Å². The molecule has 1 aromatic carbocycles. The Bertz CT molecular complexity index is 410. The summed E-state index contributed by atoms with van der Waals surface area (Å²) in [6, 6.07) is 5.90. The van der Waals surface area contributed by atoms with E-state index in [-0.39, 0.29) is 5.91 Å². The maximum Gasteiger partial charge on any atom is 0.224 e. The highest BCUT2D eigenvalue weighted by atomic mass is 127. The van der Waals surface area contributed by atoms with Crippen molar-refractivity contribution in [3.63, 3.8) is 0 Å². The molecule has 1 aromatic rings. The Hall–Kier alpha value is -0.330. The van der Waals surface area contributed by atoms with Crippen LogP contribution in [-0.4, -0.2) is 18.5 Å². The minimum Gasteiger partial charge on any atom is -0.325 e. The van der Waals surface area contributed by atoms with E-state index in [4.69, 9.17) is 11.6 Å². The summed E-state index contributed by atoms with van der Waals surface area (Å²) in [6.45, 7) is 5.05. The highest BCUT2D eigenvalue weighted by molar-refractivity contribution is 14.1. The number of benzene rings is 1. The van der Waals surface area contributed by atoms with Crippen molar-refractivity contribution in [1.82, 2.24) is 5.32 Å². The number of hydrogen-bond acceptors (Lipinski definition) is 2. The van der Waals surface area contributed by atoms with E-state index in [1.165, 1.54) is 0 Å². The minimum atomic E-state index is 0.0424. The van der Waals surface area contributed by atoms with Crippen molar-refractivity contribution in [3.05, 3.63) is 26.8 Å². The van der Waals surface area contributed by atoms with Crippen molar-refractivity contribution in [2.45, 2.75) is 32.7 Å². The Morgan fingerprint density at radius 3 is 2.78 bits per heavy atom. The van der Waals surface area contributed by atoms with Gasteiger partial charge in [-0.3, -0.25) is 4.79 Å². The maximum atomic E-state index is 11.7. The molecule has 0 radical (unpaired) electrons. The summed E-state index contributed by atoms with van der Waals surface area (Å²) in [5.41, 5.74) is 0.821. The Kier molecular flexibility index (Phi) is 6.96. The second-order valence-corrected chi connectivity index (χ2v) is 5.98. The Balaban J connectivity index is 2.35. The van der Waals surface area contributed by atoms with Crippen LogP contribution in [0.5, 0.6) is 0 Å². The molecule has 0 fully saturated rings. The molecule has 1 amide bonds. The molecule has 5 heteroatoms. The van der Waals surface area contributed by atoms with E-state index in [1.807, 2.05) is 12.1 Å². The summed E-state index contributed by atoms with van der Waals surface area (Å²) in [5, 5.41) is 6.86. The lowest BCUT2D eigenvalue weighted by Gasteiger charge is -2.09. The lowest BCUT2D eigenvalue weighted by molar-refractivity contribution is -0.116. The summed E-state index contributed by atoms with van der Waals surface area (Å²) < 4.78 is 0.953. The molecule has 1 rings (SSSR count). The minimum absolute atomic E-state index is 0.0424. The number of anilines is 1. The van der Waals surface area contributed by atoms with Crippen LogP contribution in [0.4, 0.5) is 5.69 Å². The summed E-state index contributed by atoms with van der Waals surface area (Å²) >= 11 is 8.02. The lowest BCUT2D eigenvalue weighted by Crippen LogP contribution is -2.24. The topological polar surface area (TPSA) is 41.1 Å². The zero-order chi connectivity index (χ0) is 13.5. The van der Waals surface area contributed by atoms with Crippen LogP contribution >= 0.6 is 34.2 Å². The van der Waals surface area contributed by atoms with Crippen LogP contribution in [0.25, 0.3) is 0 Å². The van der Waals surface area contributed by atoms with Crippen LogP contribution in [0, 0.1) is 3.57 Å². The fourth-order valence-electron chi connectivity index (χ4n) is 1.44. The van der Waals surface area contributed by atoms with Gasteiger partial charge in [0.1, 0.15) is 0 Å². The lowest BCUT2D eigenvalue weighted by atomic mass is 10.2. The van der Waals surface area contributed by atoms with E-state index in [2.05, 4.69) is 47.1 Å². The predicted molar refractivity (Wildman–Crippen MR) is 85.2 cm³/mol. The molecule has 0 saturated heterocycles. The Labute approximate surface area is 127 Å². The van der Waals surface area contributed by atoms with Crippen LogP contribution in [0.15, 0.2) is 18.2 Å². The van der Waals surface area contributed by atoms with E-state index < -0.39 is 0 Å². The molecular formula is C13H18ClIN2O. The molecule has 3 nitrogen and oxygen atoms in total. The van der Waals surface area contributed by atoms with E-state index in [1.54, 1.807) is 6.07 Å². The van der Waals surface area contributed by atoms with Crippen molar-refractivity contribution in [2.24, 2.45) is 0 Å². The van der Waals surface area contributed by atoms with Gasteiger partial charge in [-0.2, -0.15) is 0 Å². The van der Waals surface area contributed by atoms with E-state index in [0.717, 1.165) is 22.2 Å². The van der Waals surface area contributed by atoms with Crippen molar-refractivity contribution >= 4 is 45.8 Å². The van der Waals surface area contributed by atoms with Crippen LogP contribution in [0.2, 0.25) is 5.02 Å². The standard InChI is InChI=1S/C13H18ClIN2O/c1-9(2)16-7-3-4-13(18)17-12-6-5-10(14)8-11(12)15/h5-6,8-9,16H,3-4,7H2,1-2H3,(H,17,18). The van der Waals surface area contributed by atoms with Gasteiger partial charge in [-0.25, -0.2) is 0 Å². The van der Waals surface area contributed by atoms with Gasteiger partial charge >= 0.3 is 0 Å². The summed E-state index contributed by atoms with van der Waals surface area (Å²) in [7, 11) is 0. The fraction of sp³-hybridized carbons (Fsp3) is 0.462. The molecule has 0 atom stereocenters. The zero-order valence-corrected chi connectivity index (χ0v) is 13.5. The Morgan fingerprint density at radius 1 is 1.44 bits per heavy atom. The molecule has 0 aliphatic carbocycles. The molecule has 0 bridgehead atoms. The highest BCUT2D eigenvalue weighted by Gasteiger charge is 2.05. The van der Waals surface area contributed by atoms with Crippen LogP contribution in [-0.2, 0) is 4.79 Å². The quantitative estimate of drug-likeness (QED) is 0.584. The van der Waals surface area contributed by atoms with E-state index >= 15 is 0 Å². The maximum absolute atomic E-state index is 11.7. The van der Waals surface area contributed by atoms with Crippen LogP contribution < -0.4 is 10.6 Å². The number of nitrogens with one attached hydrogen (secondary N) is 2. The molecular weight excluding hydrogens is 363 g/mol. The third-order valence-corrected chi connectivity index (χ3v) is 3.47. The molecule has 0 heterocycles. The molecule has 18 heavy (non-hydrogen) atoms. The second kappa shape index (κ2) is 7.96. The van der Waals surface area contributed by atoms with Gasteiger partial charge in [0.15, 0.2) is 0 Å². The van der Waals surface area contributed by atoms with E-state index in [0.29, 0.717) is 17.5 Å². The van der Waals surface area contributed by atoms with Crippen molar-refractivity contribution in [1.29, 1.82) is 0 Å². The van der Waals surface area contributed by atoms with E-state index in [9.17, 15) is 4.79 Å². The number of carbonyl (C=O) groups excluding carboxylic acids is 1. The van der Waals surface area contributed by atoms with Gasteiger partial charge in [0, 0.05) is 21.1 Å². The average Bonchev–Trinajstić information content (AvgIpc) is 2.28. The number of rotatable bonds is 6. The fourth-order valence-corrected chi connectivity index (χ4v) is 2.45. The van der Waals surface area contributed by atoms with Gasteiger partial charge in [0.25, 0.3) is 0 Å². The smallest absolute Gasteiger partial charge is 0.224 e. The number of halogens is 2. The number of hydrogen-bond donors (Lipinski definition) is 2. The molecule has 0 aromatic heterocycles. The number of amides is 1. The van der Waals surface area contributed by atoms with Gasteiger partial charge in [0.05, 0.1) is 5.69 Å². The molecule has 0 aliphatic rings. The summed E-state index contributed by atoms with van der Waals surface area (Å²) in [6.07, 6.45) is 1.37. The van der Waals surface area contributed by atoms with Crippen LogP contribution in [0.1, 0.15) is 26.7 Å². The molecule has 2 N–H and O–H groups in total. The molecule has 0 spiro atoms. The predicted octanol–water partition coefficient (Wildman–Crippen LogP) is 3.66. The SMILES string of the molecule is CC(C)NCCCC(=O)Nc1ccc(Cl)cc1I. The first-order valence-corrected chi connectivity index (χ1v) is 7.43.